The Bertz CT molecular complexity index is 1250. The molecule has 3 aromatic rings. The van der Waals surface area contributed by atoms with Gasteiger partial charge in [-0.15, -0.1) is 0 Å². The zero-order chi connectivity index (χ0) is 23.8. The number of aromatic nitrogens is 1. The summed E-state index contributed by atoms with van der Waals surface area (Å²) in [6, 6.07) is 16.0. The second-order valence-electron chi connectivity index (χ2n) is 9.41. The van der Waals surface area contributed by atoms with Crippen LogP contribution in [0.25, 0.3) is 10.9 Å². The molecular formula is C28H31N3O3. The Balaban J connectivity index is 1.48. The highest BCUT2D eigenvalue weighted by atomic mass is 16.5. The number of esters is 1. The first-order chi connectivity index (χ1) is 16.5. The van der Waals surface area contributed by atoms with Crippen LogP contribution in [0.4, 0.5) is 5.69 Å². The summed E-state index contributed by atoms with van der Waals surface area (Å²) in [7, 11) is 0. The van der Waals surface area contributed by atoms with Gasteiger partial charge in [0.15, 0.2) is 6.10 Å². The van der Waals surface area contributed by atoms with Crippen LogP contribution in [0.2, 0.25) is 0 Å². The maximum atomic E-state index is 13.7. The van der Waals surface area contributed by atoms with E-state index < -0.39 is 12.1 Å². The number of hydrogen-bond donors (Lipinski definition) is 0. The van der Waals surface area contributed by atoms with Crippen LogP contribution in [0, 0.1) is 0 Å². The third-order valence-electron chi connectivity index (χ3n) is 7.06. The normalized spacial score (nSPS) is 16.4. The number of rotatable bonds is 5. The van der Waals surface area contributed by atoms with Crippen molar-refractivity contribution in [2.45, 2.75) is 58.7 Å². The van der Waals surface area contributed by atoms with Crippen molar-refractivity contribution < 1.29 is 14.3 Å². The molecule has 6 nitrogen and oxygen atoms in total. The molecule has 1 aromatic heterocycles. The highest BCUT2D eigenvalue weighted by Crippen LogP contribution is 2.31. The molecule has 3 heterocycles. The summed E-state index contributed by atoms with van der Waals surface area (Å²) in [6.45, 7) is 8.39. The van der Waals surface area contributed by atoms with Crippen LogP contribution in [-0.4, -0.2) is 47.0 Å². The van der Waals surface area contributed by atoms with Gasteiger partial charge in [0.1, 0.15) is 0 Å². The van der Waals surface area contributed by atoms with Crippen molar-refractivity contribution in [3.05, 3.63) is 70.9 Å². The molecule has 0 spiro atoms. The highest BCUT2D eigenvalue weighted by Gasteiger charge is 2.34. The van der Waals surface area contributed by atoms with E-state index in [2.05, 4.69) is 18.7 Å². The van der Waals surface area contributed by atoms with Crippen molar-refractivity contribution in [2.24, 2.45) is 0 Å². The quantitative estimate of drug-likeness (QED) is 0.527. The first-order valence-corrected chi connectivity index (χ1v) is 12.2. The number of amides is 1. The first kappa shape index (κ1) is 22.5. The van der Waals surface area contributed by atoms with E-state index in [0.29, 0.717) is 31.1 Å². The molecule has 1 unspecified atom stereocenters. The largest absolute Gasteiger partial charge is 0.449 e. The molecule has 0 aliphatic carbocycles. The molecule has 5 rings (SSSR count). The number of fused-ring (bicyclic) bond motifs is 3. The minimum Gasteiger partial charge on any atom is -0.449 e. The van der Waals surface area contributed by atoms with Crippen LogP contribution in [0.15, 0.2) is 48.5 Å². The average molecular weight is 458 g/mol. The molecule has 0 radical (unpaired) electrons. The summed E-state index contributed by atoms with van der Waals surface area (Å²) in [6.07, 6.45) is 1.21. The summed E-state index contributed by atoms with van der Waals surface area (Å²) < 4.78 is 5.97. The number of carbonyl (C=O) groups excluding carboxylic acids is 2. The molecular weight excluding hydrogens is 426 g/mol. The molecule has 2 aromatic carbocycles. The van der Waals surface area contributed by atoms with Gasteiger partial charge in [-0.3, -0.25) is 14.7 Å². The zero-order valence-electron chi connectivity index (χ0n) is 20.1. The fraction of sp³-hybridized carbons (Fsp3) is 0.393. The number of carbonyl (C=O) groups is 2. The van der Waals surface area contributed by atoms with Crippen LogP contribution in [0.3, 0.4) is 0 Å². The van der Waals surface area contributed by atoms with Crippen molar-refractivity contribution >= 4 is 28.5 Å². The van der Waals surface area contributed by atoms with E-state index in [1.165, 1.54) is 0 Å². The average Bonchev–Trinajstić information content (AvgIpc) is 3.29. The summed E-state index contributed by atoms with van der Waals surface area (Å²) in [5.41, 5.74) is 5.30. The monoisotopic (exact) mass is 457 g/mol. The SMILES string of the molecule is CCC(OC(=O)c1c2c(nc3ccccc13)CCN(C(C)C)C2)C(=O)N1CCc2ccccc21. The Hall–Kier alpha value is -3.25. The van der Waals surface area contributed by atoms with Crippen molar-refractivity contribution in [2.75, 3.05) is 18.0 Å². The summed E-state index contributed by atoms with van der Waals surface area (Å²) in [4.78, 5) is 36.1. The number of benzene rings is 2. The molecule has 0 fully saturated rings. The Labute approximate surface area is 200 Å². The molecule has 34 heavy (non-hydrogen) atoms. The van der Waals surface area contributed by atoms with Crippen LogP contribution in [0.5, 0.6) is 0 Å². The predicted molar refractivity (Wildman–Crippen MR) is 133 cm³/mol. The number of anilines is 1. The molecule has 1 amide bonds. The number of hydrogen-bond acceptors (Lipinski definition) is 5. The van der Waals surface area contributed by atoms with Crippen molar-refractivity contribution in [3.8, 4) is 0 Å². The Kier molecular flexibility index (Phi) is 6.09. The molecule has 0 saturated carbocycles. The van der Waals surface area contributed by atoms with Crippen LogP contribution < -0.4 is 4.90 Å². The number of ether oxygens (including phenoxy) is 1. The standard InChI is InChI=1S/C28H31N3O3/c1-4-25(27(32)31-16-13-19-9-5-8-12-24(19)31)34-28(33)26-20-10-6-7-11-22(20)29-23-14-15-30(18(2)3)17-21(23)26/h5-12,18,25H,4,13-17H2,1-3H3. The second-order valence-corrected chi connectivity index (χ2v) is 9.41. The third kappa shape index (κ3) is 3.96. The lowest BCUT2D eigenvalue weighted by Crippen LogP contribution is -2.41. The van der Waals surface area contributed by atoms with Gasteiger partial charge >= 0.3 is 5.97 Å². The van der Waals surface area contributed by atoms with Crippen molar-refractivity contribution in [1.82, 2.24) is 9.88 Å². The van der Waals surface area contributed by atoms with Crippen molar-refractivity contribution in [3.63, 3.8) is 0 Å². The topological polar surface area (TPSA) is 62.7 Å². The second kappa shape index (κ2) is 9.18. The Morgan fingerprint density at radius 1 is 1.03 bits per heavy atom. The maximum absolute atomic E-state index is 13.7. The molecule has 1 atom stereocenters. The van der Waals surface area contributed by atoms with Gasteiger partial charge < -0.3 is 9.64 Å². The van der Waals surface area contributed by atoms with E-state index in [1.54, 1.807) is 4.90 Å². The van der Waals surface area contributed by atoms with E-state index >= 15 is 0 Å². The van der Waals surface area contributed by atoms with Gasteiger partial charge in [-0.05, 0) is 44.4 Å². The minimum absolute atomic E-state index is 0.156. The summed E-state index contributed by atoms with van der Waals surface area (Å²) in [5, 5.41) is 0.783. The molecule has 2 aliphatic rings. The predicted octanol–water partition coefficient (Wildman–Crippen LogP) is 4.53. The van der Waals surface area contributed by atoms with E-state index in [9.17, 15) is 9.59 Å². The van der Waals surface area contributed by atoms with E-state index in [1.807, 2.05) is 55.5 Å². The van der Waals surface area contributed by atoms with Gasteiger partial charge in [-0.1, -0.05) is 43.3 Å². The Morgan fingerprint density at radius 2 is 1.79 bits per heavy atom. The molecule has 0 bridgehead atoms. The lowest BCUT2D eigenvalue weighted by molar-refractivity contribution is -0.127. The van der Waals surface area contributed by atoms with Crippen LogP contribution in [0.1, 0.15) is 54.4 Å². The lowest BCUT2D eigenvalue weighted by Gasteiger charge is -2.33. The van der Waals surface area contributed by atoms with Gasteiger partial charge in [-0.25, -0.2) is 4.79 Å². The minimum atomic E-state index is -0.828. The molecule has 176 valence electrons. The third-order valence-corrected chi connectivity index (χ3v) is 7.06. The molecule has 6 heteroatoms. The number of para-hydroxylation sites is 2. The molecule has 2 aliphatic heterocycles. The fourth-order valence-corrected chi connectivity index (χ4v) is 5.12. The van der Waals surface area contributed by atoms with Gasteiger partial charge in [-0.2, -0.15) is 0 Å². The van der Waals surface area contributed by atoms with E-state index in [4.69, 9.17) is 9.72 Å². The van der Waals surface area contributed by atoms with Crippen LogP contribution >= 0.6 is 0 Å². The van der Waals surface area contributed by atoms with Gasteiger partial charge in [0, 0.05) is 54.4 Å². The summed E-state index contributed by atoms with van der Waals surface area (Å²) >= 11 is 0. The first-order valence-electron chi connectivity index (χ1n) is 12.2. The smallest absolute Gasteiger partial charge is 0.340 e. The van der Waals surface area contributed by atoms with Gasteiger partial charge in [0.2, 0.25) is 0 Å². The van der Waals surface area contributed by atoms with Gasteiger partial charge in [0.05, 0.1) is 11.1 Å². The van der Waals surface area contributed by atoms with Crippen molar-refractivity contribution in [1.29, 1.82) is 0 Å². The Morgan fingerprint density at radius 3 is 2.59 bits per heavy atom. The van der Waals surface area contributed by atoms with Gasteiger partial charge in [0.25, 0.3) is 5.91 Å². The van der Waals surface area contributed by atoms with E-state index in [0.717, 1.165) is 52.8 Å². The zero-order valence-corrected chi connectivity index (χ0v) is 20.1. The van der Waals surface area contributed by atoms with Crippen LogP contribution in [-0.2, 0) is 28.9 Å². The molecule has 0 N–H and O–H groups in total. The lowest BCUT2D eigenvalue weighted by atomic mass is 9.95. The van der Waals surface area contributed by atoms with E-state index in [-0.39, 0.29) is 5.91 Å². The number of nitrogens with zero attached hydrogens (tertiary/aromatic N) is 3. The highest BCUT2D eigenvalue weighted by molar-refractivity contribution is 6.07. The number of pyridine rings is 1. The fourth-order valence-electron chi connectivity index (χ4n) is 5.12. The molecule has 0 saturated heterocycles. The maximum Gasteiger partial charge on any atom is 0.340 e. The summed E-state index contributed by atoms with van der Waals surface area (Å²) in [5.74, 6) is -0.593.